The molecule has 1 aromatic carbocycles. The van der Waals surface area contributed by atoms with Gasteiger partial charge in [-0.15, -0.1) is 0 Å². The first-order chi connectivity index (χ1) is 14.6. The van der Waals surface area contributed by atoms with Crippen LogP contribution in [0, 0.1) is 5.41 Å². The average Bonchev–Trinajstić information content (AvgIpc) is 3.07. The number of hydrogen-bond donors (Lipinski definition) is 0. The number of morpholine rings is 1. The SMILES string of the molecule is COc1ccccc1CCC(=O)N1CCC2(CC1)CC(CN1CCOCC1)OC2=O. The van der Waals surface area contributed by atoms with Crippen LogP contribution in [0.1, 0.15) is 31.2 Å². The number of ether oxygens (including phenoxy) is 3. The molecule has 7 nitrogen and oxygen atoms in total. The minimum Gasteiger partial charge on any atom is -0.496 e. The van der Waals surface area contributed by atoms with Crippen molar-refractivity contribution in [1.82, 2.24) is 9.80 Å². The van der Waals surface area contributed by atoms with E-state index in [0.29, 0.717) is 38.8 Å². The Hall–Kier alpha value is -2.12. The molecule has 1 atom stereocenters. The van der Waals surface area contributed by atoms with Crippen LogP contribution in [0.25, 0.3) is 0 Å². The summed E-state index contributed by atoms with van der Waals surface area (Å²) in [4.78, 5) is 29.6. The number of likely N-dealkylation sites (tertiary alicyclic amines) is 1. The van der Waals surface area contributed by atoms with Gasteiger partial charge in [0.15, 0.2) is 0 Å². The lowest BCUT2D eigenvalue weighted by atomic mass is 9.76. The zero-order valence-electron chi connectivity index (χ0n) is 17.8. The second kappa shape index (κ2) is 9.35. The number of cyclic esters (lactones) is 1. The summed E-state index contributed by atoms with van der Waals surface area (Å²) in [7, 11) is 1.65. The topological polar surface area (TPSA) is 68.3 Å². The number of rotatable bonds is 6. The summed E-state index contributed by atoms with van der Waals surface area (Å²) in [6.07, 6.45) is 3.25. The molecule has 0 N–H and O–H groups in total. The van der Waals surface area contributed by atoms with Gasteiger partial charge in [0.2, 0.25) is 5.91 Å². The standard InChI is InChI=1S/C23H32N2O5/c1-28-20-5-3-2-4-18(20)6-7-21(26)25-10-8-23(9-11-25)16-19(30-22(23)27)17-24-12-14-29-15-13-24/h2-5,19H,6-17H2,1H3. The molecule has 3 heterocycles. The van der Waals surface area contributed by atoms with Gasteiger partial charge in [0.1, 0.15) is 11.9 Å². The average molecular weight is 417 g/mol. The molecule has 1 aromatic rings. The van der Waals surface area contributed by atoms with E-state index >= 15 is 0 Å². The predicted molar refractivity (Wildman–Crippen MR) is 111 cm³/mol. The van der Waals surface area contributed by atoms with Crippen LogP contribution in [0.15, 0.2) is 24.3 Å². The number of esters is 1. The maximum absolute atomic E-state index is 12.7. The molecule has 3 aliphatic rings. The molecule has 1 spiro atoms. The van der Waals surface area contributed by atoms with Gasteiger partial charge in [-0.2, -0.15) is 0 Å². The summed E-state index contributed by atoms with van der Waals surface area (Å²) < 4.78 is 16.5. The summed E-state index contributed by atoms with van der Waals surface area (Å²) in [5.41, 5.74) is 0.642. The number of nitrogens with zero attached hydrogens (tertiary/aromatic N) is 2. The van der Waals surface area contributed by atoms with E-state index in [-0.39, 0.29) is 18.0 Å². The number of para-hydroxylation sites is 1. The molecule has 3 aliphatic heterocycles. The molecule has 0 radical (unpaired) electrons. The third kappa shape index (κ3) is 4.62. The van der Waals surface area contributed by atoms with E-state index in [0.717, 1.165) is 50.6 Å². The molecule has 1 unspecified atom stereocenters. The number of aryl methyl sites for hydroxylation is 1. The van der Waals surface area contributed by atoms with Crippen LogP contribution < -0.4 is 4.74 Å². The van der Waals surface area contributed by atoms with Crippen LogP contribution >= 0.6 is 0 Å². The van der Waals surface area contributed by atoms with Crippen LogP contribution in [-0.4, -0.2) is 80.8 Å². The smallest absolute Gasteiger partial charge is 0.312 e. The van der Waals surface area contributed by atoms with Gasteiger partial charge in [0, 0.05) is 45.6 Å². The molecule has 0 aromatic heterocycles. The monoisotopic (exact) mass is 416 g/mol. The summed E-state index contributed by atoms with van der Waals surface area (Å²) >= 11 is 0. The van der Waals surface area contributed by atoms with Gasteiger partial charge in [0.05, 0.1) is 25.7 Å². The molecular weight excluding hydrogens is 384 g/mol. The van der Waals surface area contributed by atoms with Crippen molar-refractivity contribution in [1.29, 1.82) is 0 Å². The zero-order valence-corrected chi connectivity index (χ0v) is 17.8. The van der Waals surface area contributed by atoms with Crippen LogP contribution in [0.3, 0.4) is 0 Å². The lowest BCUT2D eigenvalue weighted by Gasteiger charge is -2.36. The van der Waals surface area contributed by atoms with Gasteiger partial charge < -0.3 is 19.1 Å². The number of benzene rings is 1. The number of hydrogen-bond acceptors (Lipinski definition) is 6. The van der Waals surface area contributed by atoms with Gasteiger partial charge in [-0.3, -0.25) is 14.5 Å². The van der Waals surface area contributed by atoms with E-state index in [1.165, 1.54) is 0 Å². The van der Waals surface area contributed by atoms with Crippen LogP contribution in [0.5, 0.6) is 5.75 Å². The minimum atomic E-state index is -0.406. The van der Waals surface area contributed by atoms with Gasteiger partial charge in [-0.25, -0.2) is 0 Å². The molecule has 1 amide bonds. The number of piperidine rings is 1. The van der Waals surface area contributed by atoms with Gasteiger partial charge >= 0.3 is 5.97 Å². The first-order valence-electron chi connectivity index (χ1n) is 11.0. The lowest BCUT2D eigenvalue weighted by Crippen LogP contribution is -2.45. The van der Waals surface area contributed by atoms with Crippen molar-refractivity contribution in [2.45, 2.75) is 38.2 Å². The summed E-state index contributed by atoms with van der Waals surface area (Å²) in [6, 6.07) is 7.82. The fraction of sp³-hybridized carbons (Fsp3) is 0.652. The number of amides is 1. The van der Waals surface area contributed by atoms with E-state index in [4.69, 9.17) is 14.2 Å². The Balaban J connectivity index is 1.26. The lowest BCUT2D eigenvalue weighted by molar-refractivity contribution is -0.153. The molecule has 0 bridgehead atoms. The first kappa shape index (κ1) is 21.1. The quantitative estimate of drug-likeness (QED) is 0.660. The van der Waals surface area contributed by atoms with E-state index in [2.05, 4.69) is 4.90 Å². The highest BCUT2D eigenvalue weighted by Gasteiger charge is 2.51. The molecule has 30 heavy (non-hydrogen) atoms. The number of carbonyl (C=O) groups is 2. The molecule has 3 saturated heterocycles. The minimum absolute atomic E-state index is 0.0385. The fourth-order valence-electron chi connectivity index (χ4n) is 4.91. The molecule has 0 aliphatic carbocycles. The van der Waals surface area contributed by atoms with Crippen molar-refractivity contribution in [3.8, 4) is 5.75 Å². The molecular formula is C23H32N2O5. The normalized spacial score (nSPS) is 24.1. The van der Waals surface area contributed by atoms with E-state index in [1.54, 1.807) is 7.11 Å². The van der Waals surface area contributed by atoms with Crippen molar-refractivity contribution >= 4 is 11.9 Å². The van der Waals surface area contributed by atoms with Crippen molar-refractivity contribution in [2.75, 3.05) is 53.0 Å². The highest BCUT2D eigenvalue weighted by Crippen LogP contribution is 2.43. The van der Waals surface area contributed by atoms with Crippen molar-refractivity contribution in [2.24, 2.45) is 5.41 Å². The first-order valence-corrected chi connectivity index (χ1v) is 11.0. The number of methoxy groups -OCH3 is 1. The van der Waals surface area contributed by atoms with Gasteiger partial charge in [-0.05, 0) is 30.9 Å². The maximum Gasteiger partial charge on any atom is 0.312 e. The third-order valence-corrected chi connectivity index (χ3v) is 6.76. The Morgan fingerprint density at radius 2 is 1.90 bits per heavy atom. The molecule has 3 fully saturated rings. The summed E-state index contributed by atoms with van der Waals surface area (Å²) in [6.45, 7) is 5.34. The Morgan fingerprint density at radius 1 is 1.17 bits per heavy atom. The van der Waals surface area contributed by atoms with Crippen LogP contribution in [-0.2, 0) is 25.5 Å². The Bertz CT molecular complexity index is 754. The number of carbonyl (C=O) groups excluding carboxylic acids is 2. The Labute approximate surface area is 178 Å². The van der Waals surface area contributed by atoms with Gasteiger partial charge in [-0.1, -0.05) is 18.2 Å². The second-order valence-corrected chi connectivity index (χ2v) is 8.62. The Kier molecular flexibility index (Phi) is 6.58. The summed E-state index contributed by atoms with van der Waals surface area (Å²) in [5, 5.41) is 0. The zero-order chi connectivity index (χ0) is 21.0. The Morgan fingerprint density at radius 3 is 2.63 bits per heavy atom. The second-order valence-electron chi connectivity index (χ2n) is 8.62. The van der Waals surface area contributed by atoms with E-state index < -0.39 is 5.41 Å². The van der Waals surface area contributed by atoms with Crippen molar-refractivity contribution < 1.29 is 23.8 Å². The fourth-order valence-corrected chi connectivity index (χ4v) is 4.91. The maximum atomic E-state index is 12.7. The molecule has 0 saturated carbocycles. The van der Waals surface area contributed by atoms with E-state index in [1.807, 2.05) is 29.2 Å². The highest BCUT2D eigenvalue weighted by molar-refractivity contribution is 5.81. The largest absolute Gasteiger partial charge is 0.496 e. The molecule has 7 heteroatoms. The summed E-state index contributed by atoms with van der Waals surface area (Å²) in [5.74, 6) is 0.900. The van der Waals surface area contributed by atoms with Crippen molar-refractivity contribution in [3.05, 3.63) is 29.8 Å². The highest BCUT2D eigenvalue weighted by atomic mass is 16.6. The van der Waals surface area contributed by atoms with Gasteiger partial charge in [0.25, 0.3) is 0 Å². The predicted octanol–water partition coefficient (Wildman–Crippen LogP) is 1.88. The van der Waals surface area contributed by atoms with E-state index in [9.17, 15) is 9.59 Å². The molecule has 164 valence electrons. The third-order valence-electron chi connectivity index (χ3n) is 6.76. The van der Waals surface area contributed by atoms with Crippen molar-refractivity contribution in [3.63, 3.8) is 0 Å². The molecule has 4 rings (SSSR count). The van der Waals surface area contributed by atoms with Crippen LogP contribution in [0.2, 0.25) is 0 Å². The van der Waals surface area contributed by atoms with Crippen LogP contribution in [0.4, 0.5) is 0 Å².